The van der Waals surface area contributed by atoms with Gasteiger partial charge in [-0.05, 0) is 58.8 Å². The summed E-state index contributed by atoms with van der Waals surface area (Å²) in [5, 5.41) is 5.56. The van der Waals surface area contributed by atoms with Crippen LogP contribution in [0.15, 0.2) is 72.6 Å². The second-order valence-corrected chi connectivity index (χ2v) is 12.1. The summed E-state index contributed by atoms with van der Waals surface area (Å²) in [6, 6.07) is 15.6. The standard InChI is InChI=1S/C36H29F2N3O4S/c1-3-30(42)41-10-8-20-4-5-22(15-24(20)19-41)34-32(31-28(38)16-25(37)17-29(31)45-12-11-44-2)35-27(9-13-46-35)33(40-34)21-6-7-26-23(14-21)18-39-36(26)43/h3-7,9,13-17H,1,8,10-12,18-19H2,2H3,(H,39,43). The van der Waals surface area contributed by atoms with Gasteiger partial charge in [-0.2, -0.15) is 0 Å². The van der Waals surface area contributed by atoms with Crippen molar-refractivity contribution in [3.8, 4) is 39.4 Å². The number of hydrogen-bond acceptors (Lipinski definition) is 6. The van der Waals surface area contributed by atoms with Gasteiger partial charge in [-0.15, -0.1) is 11.3 Å². The Kier molecular flexibility index (Phi) is 7.84. The van der Waals surface area contributed by atoms with Crippen molar-refractivity contribution in [2.75, 3.05) is 26.9 Å². The maximum Gasteiger partial charge on any atom is 0.251 e. The lowest BCUT2D eigenvalue weighted by Crippen LogP contribution is -2.34. The molecule has 7 nitrogen and oxygen atoms in total. The van der Waals surface area contributed by atoms with Crippen LogP contribution in [0, 0.1) is 11.6 Å². The Hall–Kier alpha value is -4.93. The normalized spacial score (nSPS) is 13.8. The molecule has 2 amide bonds. The summed E-state index contributed by atoms with van der Waals surface area (Å²) < 4.78 is 42.4. The average Bonchev–Trinajstić information content (AvgIpc) is 3.70. The van der Waals surface area contributed by atoms with Crippen LogP contribution in [-0.4, -0.2) is 48.6 Å². The first-order valence-corrected chi connectivity index (χ1v) is 15.7. The third-order valence-electron chi connectivity index (χ3n) is 8.46. The third-order valence-corrected chi connectivity index (χ3v) is 9.39. The van der Waals surface area contributed by atoms with Crippen LogP contribution in [0.2, 0.25) is 0 Å². The van der Waals surface area contributed by atoms with Gasteiger partial charge >= 0.3 is 0 Å². The van der Waals surface area contributed by atoms with Gasteiger partial charge < -0.3 is 19.7 Å². The molecule has 0 saturated heterocycles. The van der Waals surface area contributed by atoms with E-state index in [1.165, 1.54) is 30.6 Å². The summed E-state index contributed by atoms with van der Waals surface area (Å²) in [7, 11) is 1.52. The molecule has 0 unspecified atom stereocenters. The van der Waals surface area contributed by atoms with Crippen molar-refractivity contribution in [3.63, 3.8) is 0 Å². The fourth-order valence-electron chi connectivity index (χ4n) is 6.23. The van der Waals surface area contributed by atoms with Gasteiger partial charge in [0.1, 0.15) is 24.0 Å². The van der Waals surface area contributed by atoms with E-state index in [2.05, 4.69) is 11.9 Å². The van der Waals surface area contributed by atoms with Gasteiger partial charge in [0.2, 0.25) is 5.91 Å². The van der Waals surface area contributed by atoms with E-state index in [1.807, 2.05) is 41.8 Å². The van der Waals surface area contributed by atoms with E-state index >= 15 is 4.39 Å². The lowest BCUT2D eigenvalue weighted by atomic mass is 9.91. The molecule has 10 heteroatoms. The number of hydrogen-bond donors (Lipinski definition) is 1. The molecule has 4 heterocycles. The van der Waals surface area contributed by atoms with E-state index in [1.54, 1.807) is 11.0 Å². The van der Waals surface area contributed by atoms with Gasteiger partial charge in [-0.25, -0.2) is 13.8 Å². The van der Waals surface area contributed by atoms with Gasteiger partial charge in [-0.3, -0.25) is 9.59 Å². The monoisotopic (exact) mass is 637 g/mol. The van der Waals surface area contributed by atoms with Crippen molar-refractivity contribution in [2.45, 2.75) is 19.5 Å². The minimum atomic E-state index is -0.777. The Morgan fingerprint density at radius 2 is 1.83 bits per heavy atom. The van der Waals surface area contributed by atoms with Crippen LogP contribution in [0.5, 0.6) is 5.75 Å². The first-order valence-electron chi connectivity index (χ1n) is 14.8. The zero-order valence-electron chi connectivity index (χ0n) is 25.0. The summed E-state index contributed by atoms with van der Waals surface area (Å²) in [6.45, 7) is 5.37. The number of rotatable bonds is 8. The maximum atomic E-state index is 16.0. The predicted molar refractivity (Wildman–Crippen MR) is 174 cm³/mol. The number of amides is 2. The molecule has 3 aromatic carbocycles. The third kappa shape index (κ3) is 5.23. The van der Waals surface area contributed by atoms with E-state index in [-0.39, 0.29) is 36.3 Å². The van der Waals surface area contributed by atoms with Crippen LogP contribution in [0.3, 0.4) is 0 Å². The van der Waals surface area contributed by atoms with E-state index in [0.717, 1.165) is 38.4 Å². The van der Waals surface area contributed by atoms with Crippen molar-refractivity contribution in [1.82, 2.24) is 15.2 Å². The fraction of sp³-hybridized carbons (Fsp3) is 0.194. The molecule has 0 atom stereocenters. The van der Waals surface area contributed by atoms with Crippen molar-refractivity contribution in [2.24, 2.45) is 0 Å². The highest BCUT2D eigenvalue weighted by molar-refractivity contribution is 7.18. The number of thiophene rings is 1. The Bertz CT molecular complexity index is 2060. The molecule has 1 N–H and O–H groups in total. The molecule has 2 aromatic heterocycles. The Morgan fingerprint density at radius 1 is 1.02 bits per heavy atom. The Balaban J connectivity index is 1.48. The van der Waals surface area contributed by atoms with Crippen LogP contribution in [0.25, 0.3) is 43.7 Å². The summed E-state index contributed by atoms with van der Waals surface area (Å²) in [5.41, 5.74) is 6.82. The SMILES string of the molecule is C=CC(=O)N1CCc2ccc(-c3nc(-c4ccc5c(c4)CNC5=O)c4ccsc4c3-c3c(F)cc(F)cc3OCCOC)cc2C1. The molecule has 0 spiro atoms. The van der Waals surface area contributed by atoms with Crippen LogP contribution < -0.4 is 10.1 Å². The van der Waals surface area contributed by atoms with Crippen LogP contribution in [0.1, 0.15) is 27.0 Å². The second-order valence-electron chi connectivity index (χ2n) is 11.2. The van der Waals surface area contributed by atoms with E-state index in [9.17, 15) is 14.0 Å². The zero-order chi connectivity index (χ0) is 31.9. The van der Waals surface area contributed by atoms with Crippen molar-refractivity contribution < 1.29 is 27.8 Å². The van der Waals surface area contributed by atoms with E-state index < -0.39 is 11.6 Å². The van der Waals surface area contributed by atoms with Crippen molar-refractivity contribution in [3.05, 3.63) is 107 Å². The molecule has 7 rings (SSSR count). The lowest BCUT2D eigenvalue weighted by molar-refractivity contribution is -0.126. The number of carbonyl (C=O) groups excluding carboxylic acids is 2. The van der Waals surface area contributed by atoms with Gasteiger partial charge in [0, 0.05) is 71.2 Å². The first kappa shape index (κ1) is 29.8. The van der Waals surface area contributed by atoms with E-state index in [0.29, 0.717) is 54.1 Å². The summed E-state index contributed by atoms with van der Waals surface area (Å²) in [6.07, 6.45) is 2.00. The summed E-state index contributed by atoms with van der Waals surface area (Å²) >= 11 is 1.43. The number of benzene rings is 3. The minimum Gasteiger partial charge on any atom is -0.490 e. The highest BCUT2D eigenvalue weighted by atomic mass is 32.1. The highest BCUT2D eigenvalue weighted by Gasteiger charge is 2.27. The number of methoxy groups -OCH3 is 1. The fourth-order valence-corrected chi connectivity index (χ4v) is 7.18. The van der Waals surface area contributed by atoms with Gasteiger partial charge in [0.25, 0.3) is 5.91 Å². The largest absolute Gasteiger partial charge is 0.490 e. The number of halogens is 2. The first-order chi connectivity index (χ1) is 22.4. The van der Waals surface area contributed by atoms with Crippen molar-refractivity contribution in [1.29, 1.82) is 0 Å². The zero-order valence-corrected chi connectivity index (χ0v) is 25.8. The van der Waals surface area contributed by atoms with Gasteiger partial charge in [0.15, 0.2) is 0 Å². The smallest absolute Gasteiger partial charge is 0.251 e. The number of ether oxygens (including phenoxy) is 2. The molecule has 2 aliphatic heterocycles. The number of aromatic nitrogens is 1. The maximum absolute atomic E-state index is 16.0. The van der Waals surface area contributed by atoms with E-state index in [4.69, 9.17) is 14.5 Å². The molecule has 0 fully saturated rings. The van der Waals surface area contributed by atoms with Crippen LogP contribution in [0.4, 0.5) is 8.78 Å². The predicted octanol–water partition coefficient (Wildman–Crippen LogP) is 6.91. The molecule has 5 aromatic rings. The molecule has 0 saturated carbocycles. The lowest BCUT2D eigenvalue weighted by Gasteiger charge is -2.28. The number of fused-ring (bicyclic) bond motifs is 3. The number of nitrogens with zero attached hydrogens (tertiary/aromatic N) is 2. The molecule has 0 aliphatic carbocycles. The Morgan fingerprint density at radius 3 is 2.65 bits per heavy atom. The molecule has 232 valence electrons. The molecular weight excluding hydrogens is 608 g/mol. The van der Waals surface area contributed by atoms with Crippen molar-refractivity contribution >= 4 is 33.2 Å². The van der Waals surface area contributed by atoms with Crippen LogP contribution in [-0.2, 0) is 29.0 Å². The number of nitrogens with one attached hydrogen (secondary N) is 1. The molecule has 0 bridgehead atoms. The van der Waals surface area contributed by atoms with Gasteiger partial charge in [0.05, 0.1) is 23.6 Å². The molecular formula is C36H29F2N3O4S. The molecule has 46 heavy (non-hydrogen) atoms. The number of carbonyl (C=O) groups is 2. The second kappa shape index (κ2) is 12.1. The average molecular weight is 638 g/mol. The van der Waals surface area contributed by atoms with Crippen LogP contribution >= 0.6 is 11.3 Å². The quantitative estimate of drug-likeness (QED) is 0.148. The topological polar surface area (TPSA) is 80.8 Å². The van der Waals surface area contributed by atoms with Gasteiger partial charge in [-0.1, -0.05) is 24.8 Å². The molecule has 2 aliphatic rings. The highest BCUT2D eigenvalue weighted by Crippen LogP contribution is 2.47. The Labute approximate surface area is 268 Å². The number of pyridine rings is 1. The minimum absolute atomic E-state index is 0.0443. The summed E-state index contributed by atoms with van der Waals surface area (Å²) in [4.78, 5) is 31.7. The molecule has 0 radical (unpaired) electrons. The summed E-state index contributed by atoms with van der Waals surface area (Å²) in [5.74, 6) is -1.75.